The number of rotatable bonds is 5. The second-order valence-electron chi connectivity index (χ2n) is 4.47. The maximum absolute atomic E-state index is 11.9. The lowest BCUT2D eigenvalue weighted by Crippen LogP contribution is -2.38. The summed E-state index contributed by atoms with van der Waals surface area (Å²) in [4.78, 5) is 23.8. The molecule has 6 nitrogen and oxygen atoms in total. The van der Waals surface area contributed by atoms with Gasteiger partial charge in [-0.1, -0.05) is 6.07 Å². The van der Waals surface area contributed by atoms with Crippen LogP contribution in [0.4, 0.5) is 11.4 Å². The van der Waals surface area contributed by atoms with Crippen LogP contribution in [0.2, 0.25) is 0 Å². The molecule has 0 aliphatic carbocycles. The van der Waals surface area contributed by atoms with Crippen molar-refractivity contribution in [1.29, 1.82) is 0 Å². The van der Waals surface area contributed by atoms with Crippen LogP contribution < -0.4 is 5.32 Å². The van der Waals surface area contributed by atoms with E-state index in [-0.39, 0.29) is 11.6 Å². The molecule has 1 N–H and O–H groups in total. The summed E-state index contributed by atoms with van der Waals surface area (Å²) in [6.45, 7) is 6.10. The first kappa shape index (κ1) is 14.9. The van der Waals surface area contributed by atoms with E-state index >= 15 is 0 Å². The summed E-state index contributed by atoms with van der Waals surface area (Å²) >= 11 is 0. The molecule has 1 aromatic rings. The van der Waals surface area contributed by atoms with Gasteiger partial charge in [-0.15, -0.1) is 0 Å². The van der Waals surface area contributed by atoms with Crippen LogP contribution in [0.5, 0.6) is 0 Å². The summed E-state index contributed by atoms with van der Waals surface area (Å²) in [6.07, 6.45) is 0. The molecule has 0 radical (unpaired) electrons. The molecule has 0 saturated heterocycles. The first-order chi connectivity index (χ1) is 8.86. The second-order valence-corrected chi connectivity index (χ2v) is 4.47. The fraction of sp³-hybridized carbons (Fsp3) is 0.462. The van der Waals surface area contributed by atoms with Gasteiger partial charge in [0.25, 0.3) is 5.69 Å². The Bertz CT molecular complexity index is 488. The van der Waals surface area contributed by atoms with E-state index in [1.165, 1.54) is 12.1 Å². The lowest BCUT2D eigenvalue weighted by Gasteiger charge is -2.22. The number of carbonyl (C=O) groups excluding carboxylic acids is 1. The van der Waals surface area contributed by atoms with Crippen LogP contribution in [0.25, 0.3) is 0 Å². The molecule has 1 atom stereocenters. The number of non-ortho nitro benzene ring substituents is 1. The summed E-state index contributed by atoms with van der Waals surface area (Å²) in [5.41, 5.74) is 1.49. The first-order valence-corrected chi connectivity index (χ1v) is 6.13. The molecule has 0 aliphatic heterocycles. The number of anilines is 1. The number of hydrogen-bond acceptors (Lipinski definition) is 4. The minimum atomic E-state index is -0.449. The minimum absolute atomic E-state index is 0.0107. The van der Waals surface area contributed by atoms with Crippen LogP contribution in [0.15, 0.2) is 18.2 Å². The van der Waals surface area contributed by atoms with Crippen molar-refractivity contribution in [3.8, 4) is 0 Å². The number of nitro groups is 1. The van der Waals surface area contributed by atoms with Gasteiger partial charge in [-0.05, 0) is 26.3 Å². The lowest BCUT2D eigenvalue weighted by atomic mass is 10.1. The van der Waals surface area contributed by atoms with Gasteiger partial charge in [0, 0.05) is 31.4 Å². The Morgan fingerprint density at radius 2 is 2.16 bits per heavy atom. The molecule has 0 heterocycles. The first-order valence-electron chi connectivity index (χ1n) is 6.13. The Kier molecular flexibility index (Phi) is 4.86. The SMILES string of the molecule is CCN(C)C(=O)C(C)Nc1cc([N+](=O)[O-])ccc1C. The van der Waals surface area contributed by atoms with Crippen molar-refractivity contribution in [3.05, 3.63) is 33.9 Å². The quantitative estimate of drug-likeness (QED) is 0.654. The number of aryl methyl sites for hydroxylation is 1. The smallest absolute Gasteiger partial charge is 0.271 e. The molecule has 0 aliphatic rings. The van der Waals surface area contributed by atoms with E-state index in [9.17, 15) is 14.9 Å². The molecule has 0 spiro atoms. The fourth-order valence-corrected chi connectivity index (χ4v) is 1.66. The van der Waals surface area contributed by atoms with Crippen LogP contribution >= 0.6 is 0 Å². The molecule has 0 saturated carbocycles. The average molecular weight is 265 g/mol. The van der Waals surface area contributed by atoms with Crippen molar-refractivity contribution in [1.82, 2.24) is 4.90 Å². The van der Waals surface area contributed by atoms with Crippen molar-refractivity contribution in [3.63, 3.8) is 0 Å². The Labute approximate surface area is 112 Å². The van der Waals surface area contributed by atoms with Crippen LogP contribution in [-0.2, 0) is 4.79 Å². The van der Waals surface area contributed by atoms with E-state index in [1.807, 2.05) is 13.8 Å². The van der Waals surface area contributed by atoms with Gasteiger partial charge in [0.2, 0.25) is 5.91 Å². The number of amides is 1. The highest BCUT2D eigenvalue weighted by Crippen LogP contribution is 2.22. The molecule has 1 unspecified atom stereocenters. The number of carbonyl (C=O) groups is 1. The monoisotopic (exact) mass is 265 g/mol. The predicted octanol–water partition coefficient (Wildman–Crippen LogP) is 2.18. The van der Waals surface area contributed by atoms with E-state index < -0.39 is 11.0 Å². The van der Waals surface area contributed by atoms with Gasteiger partial charge < -0.3 is 10.2 Å². The molecule has 104 valence electrons. The summed E-state index contributed by atoms with van der Waals surface area (Å²) in [7, 11) is 1.72. The van der Waals surface area contributed by atoms with Crippen molar-refractivity contribution in [2.24, 2.45) is 0 Å². The molecule has 0 fully saturated rings. The fourth-order valence-electron chi connectivity index (χ4n) is 1.66. The molecule has 1 aromatic carbocycles. The van der Waals surface area contributed by atoms with E-state index in [1.54, 1.807) is 24.9 Å². The zero-order valence-electron chi connectivity index (χ0n) is 11.6. The zero-order valence-corrected chi connectivity index (χ0v) is 11.6. The second kappa shape index (κ2) is 6.17. The third kappa shape index (κ3) is 3.67. The number of nitro benzene ring substituents is 1. The third-order valence-electron chi connectivity index (χ3n) is 3.02. The number of likely N-dealkylation sites (N-methyl/N-ethyl adjacent to an activating group) is 1. The molecule has 19 heavy (non-hydrogen) atoms. The lowest BCUT2D eigenvalue weighted by molar-refractivity contribution is -0.384. The van der Waals surface area contributed by atoms with Crippen molar-refractivity contribution in [2.45, 2.75) is 26.8 Å². The van der Waals surface area contributed by atoms with Crippen molar-refractivity contribution in [2.75, 3.05) is 18.9 Å². The Morgan fingerprint density at radius 3 is 2.68 bits per heavy atom. The van der Waals surface area contributed by atoms with Gasteiger partial charge in [0.05, 0.1) is 4.92 Å². The predicted molar refractivity (Wildman–Crippen MR) is 74.2 cm³/mol. The maximum Gasteiger partial charge on any atom is 0.271 e. The van der Waals surface area contributed by atoms with Crippen LogP contribution in [0, 0.1) is 17.0 Å². The Balaban J connectivity index is 2.90. The molecular weight excluding hydrogens is 246 g/mol. The molecule has 0 bridgehead atoms. The summed E-state index contributed by atoms with van der Waals surface area (Å²) < 4.78 is 0. The van der Waals surface area contributed by atoms with Crippen molar-refractivity contribution < 1.29 is 9.72 Å². The highest BCUT2D eigenvalue weighted by molar-refractivity contribution is 5.84. The summed E-state index contributed by atoms with van der Waals surface area (Å²) in [5.74, 6) is -0.0478. The zero-order chi connectivity index (χ0) is 14.6. The largest absolute Gasteiger partial charge is 0.373 e. The summed E-state index contributed by atoms with van der Waals surface area (Å²) in [5, 5.41) is 13.8. The van der Waals surface area contributed by atoms with Crippen LogP contribution in [-0.4, -0.2) is 35.4 Å². The normalized spacial score (nSPS) is 11.8. The van der Waals surface area contributed by atoms with Crippen LogP contribution in [0.1, 0.15) is 19.4 Å². The Morgan fingerprint density at radius 1 is 1.53 bits per heavy atom. The number of hydrogen-bond donors (Lipinski definition) is 1. The standard InChI is InChI=1S/C13H19N3O3/c1-5-15(4)13(17)10(3)14-12-8-11(16(18)19)7-6-9(12)2/h6-8,10,14H,5H2,1-4H3. The highest BCUT2D eigenvalue weighted by atomic mass is 16.6. The van der Waals surface area contributed by atoms with Crippen LogP contribution in [0.3, 0.4) is 0 Å². The van der Waals surface area contributed by atoms with Crippen molar-refractivity contribution >= 4 is 17.3 Å². The average Bonchev–Trinajstić information content (AvgIpc) is 2.38. The number of benzene rings is 1. The molecule has 6 heteroatoms. The van der Waals surface area contributed by atoms with Gasteiger partial charge >= 0.3 is 0 Å². The van der Waals surface area contributed by atoms with Gasteiger partial charge in [0.15, 0.2) is 0 Å². The molecule has 1 rings (SSSR count). The van der Waals surface area contributed by atoms with E-state index in [4.69, 9.17) is 0 Å². The van der Waals surface area contributed by atoms with Gasteiger partial charge in [-0.2, -0.15) is 0 Å². The van der Waals surface area contributed by atoms with E-state index in [0.717, 1.165) is 5.56 Å². The summed E-state index contributed by atoms with van der Waals surface area (Å²) in [6, 6.07) is 4.14. The number of nitrogens with one attached hydrogen (secondary N) is 1. The third-order valence-corrected chi connectivity index (χ3v) is 3.02. The number of nitrogens with zero attached hydrogens (tertiary/aromatic N) is 2. The topological polar surface area (TPSA) is 75.5 Å². The molecular formula is C13H19N3O3. The maximum atomic E-state index is 11.9. The van der Waals surface area contributed by atoms with E-state index in [0.29, 0.717) is 12.2 Å². The van der Waals surface area contributed by atoms with Gasteiger partial charge in [-0.3, -0.25) is 14.9 Å². The van der Waals surface area contributed by atoms with Gasteiger partial charge in [-0.25, -0.2) is 0 Å². The highest BCUT2D eigenvalue weighted by Gasteiger charge is 2.18. The van der Waals surface area contributed by atoms with E-state index in [2.05, 4.69) is 5.32 Å². The Hall–Kier alpha value is -2.11. The molecule has 0 aromatic heterocycles. The minimum Gasteiger partial charge on any atom is -0.373 e. The molecule has 1 amide bonds. The van der Waals surface area contributed by atoms with Gasteiger partial charge in [0.1, 0.15) is 6.04 Å².